The Hall–Kier alpha value is -1.35. The lowest BCUT2D eigenvalue weighted by Crippen LogP contribution is -2.38. The summed E-state index contributed by atoms with van der Waals surface area (Å²) in [6.07, 6.45) is 1.23. The van der Waals surface area contributed by atoms with Gasteiger partial charge in [-0.05, 0) is 30.7 Å². The standard InChI is InChI=1S/C13H19NO2/c1-3-13(16)12(14-4-2)9-10-5-7-11(15)8-6-10/h5-8,12,14-15H,3-4,9H2,1-2H3/t12-/m1/s1. The van der Waals surface area contributed by atoms with Gasteiger partial charge in [-0.2, -0.15) is 0 Å². The molecule has 0 aliphatic carbocycles. The molecule has 16 heavy (non-hydrogen) atoms. The molecule has 0 unspecified atom stereocenters. The van der Waals surface area contributed by atoms with Crippen molar-refractivity contribution in [2.75, 3.05) is 6.54 Å². The molecule has 2 N–H and O–H groups in total. The number of hydrogen-bond donors (Lipinski definition) is 2. The largest absolute Gasteiger partial charge is 0.508 e. The molecule has 3 heteroatoms. The van der Waals surface area contributed by atoms with Crippen molar-refractivity contribution in [1.82, 2.24) is 5.32 Å². The zero-order chi connectivity index (χ0) is 12.0. The van der Waals surface area contributed by atoms with E-state index in [1.54, 1.807) is 12.1 Å². The molecule has 1 rings (SSSR count). The van der Waals surface area contributed by atoms with Crippen molar-refractivity contribution in [3.63, 3.8) is 0 Å². The molecule has 0 aromatic heterocycles. The first-order valence-electron chi connectivity index (χ1n) is 5.71. The highest BCUT2D eigenvalue weighted by Crippen LogP contribution is 2.12. The fourth-order valence-corrected chi connectivity index (χ4v) is 1.66. The molecule has 0 amide bonds. The SMILES string of the molecule is CCN[C@H](Cc1ccc(O)cc1)C(=O)CC. The van der Waals surface area contributed by atoms with Crippen LogP contribution in [0.25, 0.3) is 0 Å². The summed E-state index contributed by atoms with van der Waals surface area (Å²) >= 11 is 0. The maximum Gasteiger partial charge on any atom is 0.149 e. The number of Topliss-reactive ketones (excluding diaryl/α,β-unsaturated/α-hetero) is 1. The number of likely N-dealkylation sites (N-methyl/N-ethyl adjacent to an activating group) is 1. The maximum atomic E-state index is 11.7. The second-order valence-corrected chi connectivity index (χ2v) is 3.80. The number of aromatic hydroxyl groups is 1. The van der Waals surface area contributed by atoms with E-state index in [0.29, 0.717) is 12.8 Å². The highest BCUT2D eigenvalue weighted by molar-refractivity contribution is 5.84. The van der Waals surface area contributed by atoms with Crippen molar-refractivity contribution in [3.8, 4) is 5.75 Å². The molecule has 0 aliphatic heterocycles. The van der Waals surface area contributed by atoms with Crippen LogP contribution in [0.2, 0.25) is 0 Å². The van der Waals surface area contributed by atoms with Crippen LogP contribution in [0, 0.1) is 0 Å². The third kappa shape index (κ3) is 3.66. The summed E-state index contributed by atoms with van der Waals surface area (Å²) in [6.45, 7) is 4.66. The minimum Gasteiger partial charge on any atom is -0.508 e. The number of hydrogen-bond acceptors (Lipinski definition) is 3. The van der Waals surface area contributed by atoms with E-state index in [-0.39, 0.29) is 17.6 Å². The highest BCUT2D eigenvalue weighted by Gasteiger charge is 2.15. The predicted octanol–water partition coefficient (Wildman–Crippen LogP) is 1.89. The Kier molecular flexibility index (Phi) is 4.99. The summed E-state index contributed by atoms with van der Waals surface area (Å²) < 4.78 is 0. The smallest absolute Gasteiger partial charge is 0.149 e. The average Bonchev–Trinajstić information content (AvgIpc) is 2.30. The Morgan fingerprint density at radius 1 is 1.31 bits per heavy atom. The number of nitrogens with one attached hydrogen (secondary N) is 1. The van der Waals surface area contributed by atoms with Crippen molar-refractivity contribution in [2.24, 2.45) is 0 Å². The molecule has 0 saturated heterocycles. The topological polar surface area (TPSA) is 49.3 Å². The normalized spacial score (nSPS) is 12.4. The molecule has 0 heterocycles. The fourth-order valence-electron chi connectivity index (χ4n) is 1.66. The molecular formula is C13H19NO2. The summed E-state index contributed by atoms with van der Waals surface area (Å²) in [4.78, 5) is 11.7. The first-order valence-corrected chi connectivity index (χ1v) is 5.71. The van der Waals surface area contributed by atoms with Gasteiger partial charge in [-0.25, -0.2) is 0 Å². The lowest BCUT2D eigenvalue weighted by atomic mass is 10.0. The van der Waals surface area contributed by atoms with E-state index in [9.17, 15) is 4.79 Å². The summed E-state index contributed by atoms with van der Waals surface area (Å²) in [5, 5.41) is 12.4. The summed E-state index contributed by atoms with van der Waals surface area (Å²) in [7, 11) is 0. The van der Waals surface area contributed by atoms with Crippen LogP contribution in [0.5, 0.6) is 5.75 Å². The van der Waals surface area contributed by atoms with Gasteiger partial charge in [0.2, 0.25) is 0 Å². The summed E-state index contributed by atoms with van der Waals surface area (Å²) in [5.41, 5.74) is 1.06. The van der Waals surface area contributed by atoms with Gasteiger partial charge in [0, 0.05) is 6.42 Å². The number of benzene rings is 1. The molecule has 0 aliphatic rings. The van der Waals surface area contributed by atoms with Crippen molar-refractivity contribution in [1.29, 1.82) is 0 Å². The van der Waals surface area contributed by atoms with E-state index in [4.69, 9.17) is 5.11 Å². The average molecular weight is 221 g/mol. The number of carbonyl (C=O) groups is 1. The highest BCUT2D eigenvalue weighted by atomic mass is 16.3. The van der Waals surface area contributed by atoms with E-state index < -0.39 is 0 Å². The number of rotatable bonds is 6. The molecule has 0 saturated carbocycles. The minimum atomic E-state index is -0.112. The molecule has 88 valence electrons. The van der Waals surface area contributed by atoms with Crippen molar-refractivity contribution < 1.29 is 9.90 Å². The van der Waals surface area contributed by atoms with Gasteiger partial charge in [0.25, 0.3) is 0 Å². The van der Waals surface area contributed by atoms with Gasteiger partial charge in [0.1, 0.15) is 11.5 Å². The van der Waals surface area contributed by atoms with Gasteiger partial charge in [-0.3, -0.25) is 4.79 Å². The third-order valence-electron chi connectivity index (χ3n) is 2.56. The van der Waals surface area contributed by atoms with Gasteiger partial charge in [-0.15, -0.1) is 0 Å². The van der Waals surface area contributed by atoms with Crippen LogP contribution in [0.1, 0.15) is 25.8 Å². The number of phenols is 1. The van der Waals surface area contributed by atoms with E-state index in [0.717, 1.165) is 12.1 Å². The van der Waals surface area contributed by atoms with Gasteiger partial charge in [0.15, 0.2) is 0 Å². The van der Waals surface area contributed by atoms with E-state index in [1.807, 2.05) is 26.0 Å². The number of phenolic OH excluding ortho intramolecular Hbond substituents is 1. The van der Waals surface area contributed by atoms with Gasteiger partial charge < -0.3 is 10.4 Å². The van der Waals surface area contributed by atoms with E-state index in [1.165, 1.54) is 0 Å². The fraction of sp³-hybridized carbons (Fsp3) is 0.462. The van der Waals surface area contributed by atoms with Crippen molar-refractivity contribution >= 4 is 5.78 Å². The zero-order valence-electron chi connectivity index (χ0n) is 9.86. The monoisotopic (exact) mass is 221 g/mol. The van der Waals surface area contributed by atoms with Crippen molar-refractivity contribution in [2.45, 2.75) is 32.7 Å². The number of carbonyl (C=O) groups excluding carboxylic acids is 1. The van der Waals surface area contributed by atoms with Crippen LogP contribution in [0.3, 0.4) is 0 Å². The van der Waals surface area contributed by atoms with Crippen molar-refractivity contribution in [3.05, 3.63) is 29.8 Å². The van der Waals surface area contributed by atoms with Crippen LogP contribution in [-0.2, 0) is 11.2 Å². The molecule has 1 aromatic rings. The molecular weight excluding hydrogens is 202 g/mol. The maximum absolute atomic E-state index is 11.7. The Balaban J connectivity index is 2.67. The predicted molar refractivity (Wildman–Crippen MR) is 64.6 cm³/mol. The van der Waals surface area contributed by atoms with E-state index >= 15 is 0 Å². The van der Waals surface area contributed by atoms with Crippen LogP contribution in [0.4, 0.5) is 0 Å². The van der Waals surface area contributed by atoms with E-state index in [2.05, 4.69) is 5.32 Å². The zero-order valence-corrected chi connectivity index (χ0v) is 9.86. The molecule has 0 spiro atoms. The Morgan fingerprint density at radius 3 is 2.44 bits per heavy atom. The second kappa shape index (κ2) is 6.28. The molecule has 0 radical (unpaired) electrons. The molecule has 0 fully saturated rings. The van der Waals surface area contributed by atoms with Gasteiger partial charge in [0.05, 0.1) is 6.04 Å². The van der Waals surface area contributed by atoms with Crippen LogP contribution < -0.4 is 5.32 Å². The lowest BCUT2D eigenvalue weighted by Gasteiger charge is -2.15. The Morgan fingerprint density at radius 2 is 1.94 bits per heavy atom. The summed E-state index contributed by atoms with van der Waals surface area (Å²) in [5.74, 6) is 0.487. The third-order valence-corrected chi connectivity index (χ3v) is 2.56. The first kappa shape index (κ1) is 12.7. The Bertz CT molecular complexity index is 332. The number of ketones is 1. The molecule has 0 bridgehead atoms. The first-order chi connectivity index (χ1) is 7.67. The quantitative estimate of drug-likeness (QED) is 0.771. The van der Waals surface area contributed by atoms with Crippen LogP contribution in [-0.4, -0.2) is 23.5 Å². The minimum absolute atomic E-state index is 0.112. The summed E-state index contributed by atoms with van der Waals surface area (Å²) in [6, 6.07) is 6.88. The van der Waals surface area contributed by atoms with Gasteiger partial charge >= 0.3 is 0 Å². The molecule has 1 atom stereocenters. The second-order valence-electron chi connectivity index (χ2n) is 3.80. The lowest BCUT2D eigenvalue weighted by molar-refractivity contribution is -0.120. The van der Waals surface area contributed by atoms with Crippen LogP contribution in [0.15, 0.2) is 24.3 Å². The molecule has 1 aromatic carbocycles. The van der Waals surface area contributed by atoms with Gasteiger partial charge in [-0.1, -0.05) is 26.0 Å². The molecule has 3 nitrogen and oxygen atoms in total. The van der Waals surface area contributed by atoms with Crippen LogP contribution >= 0.6 is 0 Å². The Labute approximate surface area is 96.5 Å².